The van der Waals surface area contributed by atoms with Gasteiger partial charge in [0.15, 0.2) is 16.8 Å². The number of Topliss-reactive ketones (excluding diaryl/α,β-unsaturated/α-hetero) is 1. The van der Waals surface area contributed by atoms with Gasteiger partial charge in [0.2, 0.25) is 0 Å². The summed E-state index contributed by atoms with van der Waals surface area (Å²) in [5, 5.41) is 8.99. The van der Waals surface area contributed by atoms with Crippen molar-refractivity contribution in [2.75, 3.05) is 0 Å². The number of aromatic nitrogens is 4. The zero-order valence-corrected chi connectivity index (χ0v) is 15.5. The van der Waals surface area contributed by atoms with Crippen molar-refractivity contribution >= 4 is 17.5 Å². The van der Waals surface area contributed by atoms with Gasteiger partial charge in [-0.05, 0) is 44.5 Å². The molecule has 0 N–H and O–H groups in total. The first-order chi connectivity index (χ1) is 12.0. The average molecular weight is 352 g/mol. The Morgan fingerprint density at radius 3 is 2.56 bits per heavy atom. The van der Waals surface area contributed by atoms with Gasteiger partial charge in [-0.2, -0.15) is 0 Å². The monoisotopic (exact) mass is 352 g/mol. The summed E-state index contributed by atoms with van der Waals surface area (Å²) in [6.45, 7) is 5.88. The molecule has 0 fully saturated rings. The molecule has 3 rings (SSSR count). The molecule has 128 valence electrons. The highest BCUT2D eigenvalue weighted by molar-refractivity contribution is 8.00. The summed E-state index contributed by atoms with van der Waals surface area (Å²) in [4.78, 5) is 16.8. The second kappa shape index (κ2) is 7.19. The fourth-order valence-corrected chi connectivity index (χ4v) is 3.48. The minimum Gasteiger partial charge on any atom is -0.305 e. The maximum Gasteiger partial charge on any atom is 0.191 e. The molecule has 0 saturated heterocycles. The van der Waals surface area contributed by atoms with Crippen molar-refractivity contribution in [2.24, 2.45) is 7.05 Å². The van der Waals surface area contributed by atoms with Crippen molar-refractivity contribution < 1.29 is 4.79 Å². The average Bonchev–Trinajstić information content (AvgIpc) is 2.97. The Hall–Kier alpha value is -2.47. The van der Waals surface area contributed by atoms with E-state index in [4.69, 9.17) is 0 Å². The van der Waals surface area contributed by atoms with Gasteiger partial charge in [-0.15, -0.1) is 10.2 Å². The summed E-state index contributed by atoms with van der Waals surface area (Å²) in [6, 6.07) is 9.75. The topological polar surface area (TPSA) is 60.7 Å². The van der Waals surface area contributed by atoms with Crippen LogP contribution in [0.15, 0.2) is 47.9 Å². The highest BCUT2D eigenvalue weighted by Gasteiger charge is 2.21. The van der Waals surface area contributed by atoms with E-state index < -0.39 is 0 Å². The van der Waals surface area contributed by atoms with Crippen LogP contribution in [-0.2, 0) is 7.05 Å². The summed E-state index contributed by atoms with van der Waals surface area (Å²) in [5.41, 5.74) is 3.81. The Balaban J connectivity index is 1.82. The summed E-state index contributed by atoms with van der Waals surface area (Å²) >= 11 is 1.43. The number of carbonyl (C=O) groups is 1. The number of aryl methyl sites for hydroxylation is 2. The van der Waals surface area contributed by atoms with Crippen LogP contribution in [-0.4, -0.2) is 30.8 Å². The maximum absolute atomic E-state index is 12.8. The van der Waals surface area contributed by atoms with Crippen molar-refractivity contribution in [3.63, 3.8) is 0 Å². The fraction of sp³-hybridized carbons (Fsp3) is 0.263. The molecule has 0 amide bonds. The molecule has 0 spiro atoms. The molecule has 2 heterocycles. The molecule has 1 aromatic carbocycles. The number of rotatable bonds is 5. The van der Waals surface area contributed by atoms with E-state index in [2.05, 4.69) is 15.2 Å². The molecule has 2 aromatic heterocycles. The number of benzene rings is 1. The van der Waals surface area contributed by atoms with Crippen molar-refractivity contribution in [1.82, 2.24) is 19.7 Å². The highest BCUT2D eigenvalue weighted by atomic mass is 32.2. The zero-order valence-electron chi connectivity index (χ0n) is 14.7. The van der Waals surface area contributed by atoms with Crippen molar-refractivity contribution in [3.05, 3.63) is 59.4 Å². The minimum atomic E-state index is -0.242. The first-order valence-electron chi connectivity index (χ1n) is 8.05. The molecule has 6 heteroatoms. The predicted molar refractivity (Wildman–Crippen MR) is 99.8 cm³/mol. The smallest absolute Gasteiger partial charge is 0.191 e. The lowest BCUT2D eigenvalue weighted by Gasteiger charge is -2.12. The summed E-state index contributed by atoms with van der Waals surface area (Å²) < 4.78 is 1.91. The van der Waals surface area contributed by atoms with Crippen LogP contribution < -0.4 is 0 Å². The lowest BCUT2D eigenvalue weighted by Crippen LogP contribution is -2.16. The van der Waals surface area contributed by atoms with Crippen LogP contribution in [0.25, 0.3) is 11.4 Å². The van der Waals surface area contributed by atoms with Crippen LogP contribution in [0.5, 0.6) is 0 Å². The maximum atomic E-state index is 12.8. The molecule has 25 heavy (non-hydrogen) atoms. The van der Waals surface area contributed by atoms with E-state index in [1.165, 1.54) is 11.8 Å². The van der Waals surface area contributed by atoms with Gasteiger partial charge in [0.05, 0.1) is 5.25 Å². The van der Waals surface area contributed by atoms with Crippen LogP contribution in [0.1, 0.15) is 28.4 Å². The number of carbonyl (C=O) groups excluding carboxylic acids is 1. The highest BCUT2D eigenvalue weighted by Crippen LogP contribution is 2.28. The number of hydrogen-bond acceptors (Lipinski definition) is 5. The van der Waals surface area contributed by atoms with Gasteiger partial charge in [0.1, 0.15) is 0 Å². The van der Waals surface area contributed by atoms with Crippen LogP contribution in [0.3, 0.4) is 0 Å². The quantitative estimate of drug-likeness (QED) is 0.515. The third-order valence-corrected chi connectivity index (χ3v) is 5.22. The number of nitrogens with zero attached hydrogens (tertiary/aromatic N) is 4. The first kappa shape index (κ1) is 17.4. The van der Waals surface area contributed by atoms with E-state index in [1.54, 1.807) is 12.4 Å². The molecule has 0 aliphatic rings. The molecule has 0 bridgehead atoms. The molecule has 1 atom stereocenters. The third kappa shape index (κ3) is 3.64. The fourth-order valence-electron chi connectivity index (χ4n) is 2.60. The number of ketones is 1. The molecule has 0 aliphatic carbocycles. The largest absolute Gasteiger partial charge is 0.305 e. The predicted octanol–water partition coefficient (Wildman–Crippen LogP) is 3.86. The Morgan fingerprint density at radius 1 is 1.12 bits per heavy atom. The van der Waals surface area contributed by atoms with Crippen molar-refractivity contribution in [2.45, 2.75) is 31.2 Å². The minimum absolute atomic E-state index is 0.111. The van der Waals surface area contributed by atoms with Crippen LogP contribution >= 0.6 is 11.8 Å². The van der Waals surface area contributed by atoms with Gasteiger partial charge < -0.3 is 4.57 Å². The van der Waals surface area contributed by atoms with Gasteiger partial charge in [-0.1, -0.05) is 29.5 Å². The normalized spacial score (nSPS) is 12.2. The number of hydrogen-bond donors (Lipinski definition) is 0. The molecule has 3 aromatic rings. The second-order valence-corrected chi connectivity index (χ2v) is 7.35. The second-order valence-electron chi connectivity index (χ2n) is 6.04. The van der Waals surface area contributed by atoms with Gasteiger partial charge in [0.25, 0.3) is 0 Å². The molecule has 0 radical (unpaired) electrons. The van der Waals surface area contributed by atoms with E-state index in [9.17, 15) is 4.79 Å². The number of thioether (sulfide) groups is 1. The van der Waals surface area contributed by atoms with E-state index in [1.807, 2.05) is 62.7 Å². The Labute approximate surface area is 151 Å². The summed E-state index contributed by atoms with van der Waals surface area (Å²) in [5.74, 6) is 0.871. The van der Waals surface area contributed by atoms with Gasteiger partial charge in [-0.25, -0.2) is 0 Å². The lowest BCUT2D eigenvalue weighted by atomic mass is 10.0. The Bertz CT molecular complexity index is 905. The molecule has 5 nitrogen and oxygen atoms in total. The van der Waals surface area contributed by atoms with E-state index >= 15 is 0 Å². The molecular weight excluding hydrogens is 332 g/mol. The van der Waals surface area contributed by atoms with Gasteiger partial charge in [-0.3, -0.25) is 9.78 Å². The standard InChI is InChI=1S/C19H20N4OS/c1-12-5-6-13(2)16(11-12)17(24)14(3)25-19-22-21-18(23(19)4)15-7-9-20-10-8-15/h5-11,14H,1-4H3/t14-/m1/s1. The third-order valence-electron chi connectivity index (χ3n) is 4.08. The molecule has 0 saturated carbocycles. The first-order valence-corrected chi connectivity index (χ1v) is 8.93. The zero-order chi connectivity index (χ0) is 18.0. The molecular formula is C19H20N4OS. The number of pyridine rings is 1. The van der Waals surface area contributed by atoms with Gasteiger partial charge in [0, 0.05) is 30.6 Å². The van der Waals surface area contributed by atoms with Crippen LogP contribution in [0.2, 0.25) is 0 Å². The van der Waals surface area contributed by atoms with Crippen molar-refractivity contribution in [3.8, 4) is 11.4 Å². The van der Waals surface area contributed by atoms with E-state index in [0.29, 0.717) is 0 Å². The Morgan fingerprint density at radius 2 is 1.84 bits per heavy atom. The molecule has 0 unspecified atom stereocenters. The SMILES string of the molecule is Cc1ccc(C)c(C(=O)[C@@H](C)Sc2nnc(-c3ccncc3)n2C)c1. The van der Waals surface area contributed by atoms with Gasteiger partial charge >= 0.3 is 0 Å². The summed E-state index contributed by atoms with van der Waals surface area (Å²) in [7, 11) is 1.91. The Kier molecular flexibility index (Phi) is 4.99. The molecule has 0 aliphatic heterocycles. The van der Waals surface area contributed by atoms with Crippen LogP contribution in [0.4, 0.5) is 0 Å². The van der Waals surface area contributed by atoms with E-state index in [-0.39, 0.29) is 11.0 Å². The van der Waals surface area contributed by atoms with Crippen molar-refractivity contribution in [1.29, 1.82) is 0 Å². The lowest BCUT2D eigenvalue weighted by molar-refractivity contribution is 0.0993. The summed E-state index contributed by atoms with van der Waals surface area (Å²) in [6.07, 6.45) is 3.45. The van der Waals surface area contributed by atoms with E-state index in [0.717, 1.165) is 33.2 Å². The van der Waals surface area contributed by atoms with Crippen LogP contribution in [0, 0.1) is 13.8 Å².